The van der Waals surface area contributed by atoms with Crippen LogP contribution in [0.5, 0.6) is 0 Å². The summed E-state index contributed by atoms with van der Waals surface area (Å²) in [6, 6.07) is 1.23. The van der Waals surface area contributed by atoms with Crippen LogP contribution in [-0.2, 0) is 4.79 Å². The fraction of sp³-hybridized carbons (Fsp3) is 0.933. The van der Waals surface area contributed by atoms with Gasteiger partial charge in [0.1, 0.15) is 5.54 Å². The van der Waals surface area contributed by atoms with Gasteiger partial charge < -0.3 is 10.4 Å². The molecule has 20 heavy (non-hydrogen) atoms. The first-order valence-corrected chi connectivity index (χ1v) is 7.93. The van der Waals surface area contributed by atoms with Crippen molar-refractivity contribution in [2.75, 3.05) is 32.7 Å². The number of likely N-dealkylation sites (N-methyl/N-ethyl adjacent to an activating group) is 1. The van der Waals surface area contributed by atoms with Crippen molar-refractivity contribution >= 4 is 5.97 Å². The van der Waals surface area contributed by atoms with Crippen molar-refractivity contribution in [1.29, 1.82) is 0 Å². The zero-order chi connectivity index (χ0) is 14.8. The summed E-state index contributed by atoms with van der Waals surface area (Å²) in [5.41, 5.74) is -0.804. The van der Waals surface area contributed by atoms with Crippen molar-refractivity contribution < 1.29 is 9.90 Å². The zero-order valence-electron chi connectivity index (χ0n) is 13.1. The second-order valence-electron chi connectivity index (χ2n) is 6.55. The first-order chi connectivity index (χ1) is 9.46. The van der Waals surface area contributed by atoms with Crippen LogP contribution in [0.2, 0.25) is 0 Å². The molecule has 0 amide bonds. The third-order valence-corrected chi connectivity index (χ3v) is 5.00. The Morgan fingerprint density at radius 3 is 2.85 bits per heavy atom. The zero-order valence-corrected chi connectivity index (χ0v) is 13.1. The van der Waals surface area contributed by atoms with E-state index in [2.05, 4.69) is 22.0 Å². The Hall–Kier alpha value is -0.650. The van der Waals surface area contributed by atoms with E-state index in [1.807, 2.05) is 6.92 Å². The molecule has 2 aliphatic rings. The number of carboxylic acid groups (broad SMARTS) is 1. The molecule has 0 bridgehead atoms. The van der Waals surface area contributed by atoms with Gasteiger partial charge in [-0.15, -0.1) is 0 Å². The van der Waals surface area contributed by atoms with Crippen LogP contribution in [0, 0.1) is 0 Å². The van der Waals surface area contributed by atoms with Crippen LogP contribution in [0.25, 0.3) is 0 Å². The van der Waals surface area contributed by atoms with Crippen molar-refractivity contribution in [3.8, 4) is 0 Å². The van der Waals surface area contributed by atoms with Gasteiger partial charge in [-0.3, -0.25) is 14.6 Å². The number of fused-ring (bicyclic) bond motifs is 1. The smallest absolute Gasteiger partial charge is 0.323 e. The average molecular weight is 283 g/mol. The number of hydrogen-bond donors (Lipinski definition) is 2. The second kappa shape index (κ2) is 6.41. The first-order valence-electron chi connectivity index (χ1n) is 7.93. The third kappa shape index (κ3) is 3.32. The normalized spacial score (nSPS) is 30.9. The molecule has 2 fully saturated rings. The lowest BCUT2D eigenvalue weighted by Gasteiger charge is -2.43. The summed E-state index contributed by atoms with van der Waals surface area (Å²) in [7, 11) is 0. The Morgan fingerprint density at radius 1 is 1.45 bits per heavy atom. The molecule has 2 rings (SSSR count). The molecule has 3 unspecified atom stereocenters. The molecule has 5 nitrogen and oxygen atoms in total. The molecule has 2 saturated heterocycles. The van der Waals surface area contributed by atoms with Crippen LogP contribution < -0.4 is 5.32 Å². The van der Waals surface area contributed by atoms with Gasteiger partial charge in [0.05, 0.1) is 0 Å². The van der Waals surface area contributed by atoms with E-state index in [1.54, 1.807) is 6.92 Å². The van der Waals surface area contributed by atoms with Gasteiger partial charge in [0.15, 0.2) is 0 Å². The maximum absolute atomic E-state index is 11.5. The van der Waals surface area contributed by atoms with Crippen LogP contribution in [0.4, 0.5) is 0 Å². The summed E-state index contributed by atoms with van der Waals surface area (Å²) in [6.07, 6.45) is 3.27. The summed E-state index contributed by atoms with van der Waals surface area (Å²) >= 11 is 0. The SMILES string of the molecule is CCNC(C)(CCN1CC2CCCN2CC1C)C(=O)O. The predicted molar refractivity (Wildman–Crippen MR) is 80.0 cm³/mol. The van der Waals surface area contributed by atoms with Crippen LogP contribution in [0.1, 0.15) is 40.0 Å². The molecule has 0 saturated carbocycles. The number of carbonyl (C=O) groups is 1. The van der Waals surface area contributed by atoms with Crippen molar-refractivity contribution in [2.45, 2.75) is 57.7 Å². The molecule has 0 aromatic carbocycles. The van der Waals surface area contributed by atoms with E-state index in [0.29, 0.717) is 25.0 Å². The Bertz CT molecular complexity index is 350. The molecular formula is C15H29N3O2. The molecule has 0 aliphatic carbocycles. The maximum atomic E-state index is 11.5. The van der Waals surface area contributed by atoms with Gasteiger partial charge in [-0.05, 0) is 46.2 Å². The molecule has 2 N–H and O–H groups in total. The Kier molecular flexibility index (Phi) is 5.04. The lowest BCUT2D eigenvalue weighted by atomic mass is 9.96. The largest absolute Gasteiger partial charge is 0.480 e. The van der Waals surface area contributed by atoms with Gasteiger partial charge in [-0.1, -0.05) is 6.92 Å². The van der Waals surface area contributed by atoms with Crippen molar-refractivity contribution in [2.24, 2.45) is 0 Å². The molecule has 2 heterocycles. The highest BCUT2D eigenvalue weighted by Crippen LogP contribution is 2.25. The molecule has 0 aromatic rings. The molecule has 0 aromatic heterocycles. The summed E-state index contributed by atoms with van der Waals surface area (Å²) in [5, 5.41) is 12.5. The van der Waals surface area contributed by atoms with Gasteiger partial charge in [0, 0.05) is 31.7 Å². The third-order valence-electron chi connectivity index (χ3n) is 5.00. The quantitative estimate of drug-likeness (QED) is 0.761. The topological polar surface area (TPSA) is 55.8 Å². The molecule has 2 aliphatic heterocycles. The van der Waals surface area contributed by atoms with Crippen molar-refractivity contribution in [1.82, 2.24) is 15.1 Å². The van der Waals surface area contributed by atoms with E-state index in [4.69, 9.17) is 0 Å². The van der Waals surface area contributed by atoms with E-state index >= 15 is 0 Å². The van der Waals surface area contributed by atoms with E-state index in [1.165, 1.54) is 19.4 Å². The highest BCUT2D eigenvalue weighted by atomic mass is 16.4. The van der Waals surface area contributed by atoms with Crippen molar-refractivity contribution in [3.63, 3.8) is 0 Å². The number of hydrogen-bond acceptors (Lipinski definition) is 4. The van der Waals surface area contributed by atoms with Crippen LogP contribution in [0.15, 0.2) is 0 Å². The summed E-state index contributed by atoms with van der Waals surface area (Å²) < 4.78 is 0. The minimum Gasteiger partial charge on any atom is -0.480 e. The standard InChI is InChI=1S/C15H29N3O2/c1-4-16-15(3,14(19)20)7-9-17-11-13-6-5-8-18(13)10-12(17)2/h12-13,16H,4-11H2,1-3H3,(H,19,20). The van der Waals surface area contributed by atoms with E-state index < -0.39 is 11.5 Å². The van der Waals surface area contributed by atoms with Gasteiger partial charge in [0.25, 0.3) is 0 Å². The number of rotatable bonds is 6. The molecule has 5 heteroatoms. The molecule has 0 radical (unpaired) electrons. The van der Waals surface area contributed by atoms with Crippen LogP contribution in [-0.4, -0.2) is 71.2 Å². The summed E-state index contributed by atoms with van der Waals surface area (Å²) in [6.45, 7) is 11.1. The fourth-order valence-corrected chi connectivity index (χ4v) is 3.59. The predicted octanol–water partition coefficient (Wildman–Crippen LogP) is 0.998. The van der Waals surface area contributed by atoms with E-state index in [-0.39, 0.29) is 0 Å². The number of nitrogens with one attached hydrogen (secondary N) is 1. The van der Waals surface area contributed by atoms with E-state index in [9.17, 15) is 9.90 Å². The number of piperazine rings is 1. The minimum absolute atomic E-state index is 0.532. The summed E-state index contributed by atoms with van der Waals surface area (Å²) in [4.78, 5) is 16.5. The second-order valence-corrected chi connectivity index (χ2v) is 6.55. The minimum atomic E-state index is -0.804. The maximum Gasteiger partial charge on any atom is 0.323 e. The lowest BCUT2D eigenvalue weighted by molar-refractivity contribution is -0.144. The number of nitrogens with zero attached hydrogens (tertiary/aromatic N) is 2. The van der Waals surface area contributed by atoms with Crippen molar-refractivity contribution in [3.05, 3.63) is 0 Å². The lowest BCUT2D eigenvalue weighted by Crippen LogP contribution is -2.57. The first kappa shape index (κ1) is 15.7. The van der Waals surface area contributed by atoms with Gasteiger partial charge >= 0.3 is 5.97 Å². The number of aliphatic carboxylic acids is 1. The van der Waals surface area contributed by atoms with Gasteiger partial charge in [-0.25, -0.2) is 0 Å². The Labute approximate surface area is 122 Å². The monoisotopic (exact) mass is 283 g/mol. The van der Waals surface area contributed by atoms with Gasteiger partial charge in [-0.2, -0.15) is 0 Å². The van der Waals surface area contributed by atoms with Crippen LogP contribution in [0.3, 0.4) is 0 Å². The Morgan fingerprint density at radius 2 is 2.20 bits per heavy atom. The van der Waals surface area contributed by atoms with E-state index in [0.717, 1.165) is 19.6 Å². The van der Waals surface area contributed by atoms with Crippen LogP contribution >= 0.6 is 0 Å². The summed E-state index contributed by atoms with van der Waals surface area (Å²) in [5.74, 6) is -0.744. The van der Waals surface area contributed by atoms with Gasteiger partial charge in [0.2, 0.25) is 0 Å². The molecule has 0 spiro atoms. The number of carboxylic acids is 1. The highest BCUT2D eigenvalue weighted by molar-refractivity contribution is 5.78. The highest BCUT2D eigenvalue weighted by Gasteiger charge is 2.37. The molecule has 116 valence electrons. The molecule has 3 atom stereocenters. The fourth-order valence-electron chi connectivity index (χ4n) is 3.59. The average Bonchev–Trinajstić information content (AvgIpc) is 2.83. The molecular weight excluding hydrogens is 254 g/mol. The Balaban J connectivity index is 1.90.